The van der Waals surface area contributed by atoms with Gasteiger partial charge in [0.25, 0.3) is 0 Å². The Bertz CT molecular complexity index is 930. The lowest BCUT2D eigenvalue weighted by molar-refractivity contribution is 0.377. The van der Waals surface area contributed by atoms with Crippen molar-refractivity contribution in [1.82, 2.24) is 15.0 Å². The molecule has 0 saturated heterocycles. The molecule has 4 nitrogen and oxygen atoms in total. The summed E-state index contributed by atoms with van der Waals surface area (Å²) < 4.78 is 10.5. The van der Waals surface area contributed by atoms with Crippen LogP contribution in [0.25, 0.3) is 9.81 Å². The molecule has 142 valence electrons. The van der Waals surface area contributed by atoms with Crippen molar-refractivity contribution in [3.05, 3.63) is 61.0 Å². The van der Waals surface area contributed by atoms with E-state index in [0.717, 1.165) is 9.81 Å². The molecule has 28 heavy (non-hydrogen) atoms. The summed E-state index contributed by atoms with van der Waals surface area (Å²) in [6.07, 6.45) is 0. The topological polar surface area (TPSA) is 47.9 Å². The second-order valence-electron chi connectivity index (χ2n) is 5.04. The number of aromatic nitrogens is 3. The van der Waals surface area contributed by atoms with Crippen LogP contribution < -0.4 is 4.74 Å². The molecule has 1 aromatic rings. The smallest absolute Gasteiger partial charge is 0.320 e. The monoisotopic (exact) mass is 515 g/mol. The van der Waals surface area contributed by atoms with E-state index in [4.69, 9.17) is 9.72 Å². The second kappa shape index (κ2) is 9.04. The Balaban J connectivity index is 1.40. The summed E-state index contributed by atoms with van der Waals surface area (Å²) in [7, 11) is 1.59. The fourth-order valence-corrected chi connectivity index (χ4v) is 10.9. The molecule has 12 heteroatoms. The first-order chi connectivity index (χ1) is 13.8. The molecule has 0 radical (unpaired) electrons. The van der Waals surface area contributed by atoms with Gasteiger partial charge in [-0.05, 0) is 32.4 Å². The molecule has 0 N–H and O–H groups in total. The largest absolute Gasteiger partial charge is 0.467 e. The number of nitrogens with zero attached hydrogens (tertiary/aromatic N) is 3. The fourth-order valence-electron chi connectivity index (χ4n) is 2.16. The van der Waals surface area contributed by atoms with E-state index in [0.29, 0.717) is 17.7 Å². The molecule has 0 amide bonds. The van der Waals surface area contributed by atoms with Crippen LogP contribution in [0.5, 0.6) is 6.01 Å². The maximum Gasteiger partial charge on any atom is 0.320 e. The van der Waals surface area contributed by atoms with Gasteiger partial charge >= 0.3 is 6.01 Å². The van der Waals surface area contributed by atoms with Gasteiger partial charge in [-0.15, -0.1) is 0 Å². The van der Waals surface area contributed by atoms with Gasteiger partial charge in [-0.1, -0.05) is 94.1 Å². The highest BCUT2D eigenvalue weighted by Crippen LogP contribution is 2.57. The maximum atomic E-state index is 5.36. The van der Waals surface area contributed by atoms with Crippen molar-refractivity contribution in [2.45, 2.75) is 0 Å². The third-order valence-corrected chi connectivity index (χ3v) is 13.4. The zero-order valence-corrected chi connectivity index (χ0v) is 20.5. The minimum Gasteiger partial charge on any atom is -0.467 e. The minimum absolute atomic E-state index is 0.345. The summed E-state index contributed by atoms with van der Waals surface area (Å²) in [5.74, 6) is 1.32. The number of methoxy groups -OCH3 is 1. The molecule has 0 unspecified atom stereocenters. The first-order valence-corrected chi connectivity index (χ1v) is 14.6. The number of ether oxygens (including phenoxy) is 1. The SMILES string of the molecule is COc1nc(C2=CSC(=C3SC=CS3)S2)nc(C2=CSC(=C3SC=CS3)S2)n1. The van der Waals surface area contributed by atoms with Crippen LogP contribution >= 0.6 is 94.1 Å². The lowest BCUT2D eigenvalue weighted by atomic mass is 10.5. The van der Waals surface area contributed by atoms with Gasteiger partial charge < -0.3 is 4.74 Å². The Morgan fingerprint density at radius 3 is 1.50 bits per heavy atom. The van der Waals surface area contributed by atoms with E-state index in [-0.39, 0.29) is 0 Å². The summed E-state index contributed by atoms with van der Waals surface area (Å²) in [6.45, 7) is 0. The third-order valence-electron chi connectivity index (χ3n) is 3.33. The first-order valence-electron chi connectivity index (χ1n) is 7.65. The molecule has 0 saturated carbocycles. The van der Waals surface area contributed by atoms with Crippen LogP contribution in [0.4, 0.5) is 0 Å². The predicted octanol–water partition coefficient (Wildman–Crippen LogP) is 7.59. The van der Waals surface area contributed by atoms with Crippen molar-refractivity contribution in [3.63, 3.8) is 0 Å². The standard InChI is InChI=1S/C16H9N3OS8/c1-20-16-18-10(8-6-25-14(27-8)12-21-2-3-22-12)17-11(19-16)9-7-26-15(28-9)13-23-4-5-24-13/h2-7H,1H3. The molecule has 4 aliphatic rings. The maximum absolute atomic E-state index is 5.36. The zero-order valence-electron chi connectivity index (χ0n) is 14.0. The van der Waals surface area contributed by atoms with E-state index in [1.807, 2.05) is 0 Å². The summed E-state index contributed by atoms with van der Waals surface area (Å²) in [5, 5.41) is 12.7. The van der Waals surface area contributed by atoms with Crippen LogP contribution in [0.2, 0.25) is 0 Å². The van der Waals surface area contributed by atoms with Gasteiger partial charge in [0.15, 0.2) is 11.6 Å². The van der Waals surface area contributed by atoms with Crippen LogP contribution in [0, 0.1) is 0 Å². The second-order valence-corrected chi connectivity index (χ2v) is 13.6. The number of thioether (sulfide) groups is 8. The third kappa shape index (κ3) is 4.25. The van der Waals surface area contributed by atoms with Crippen molar-refractivity contribution >= 4 is 104 Å². The highest BCUT2D eigenvalue weighted by Gasteiger charge is 2.25. The summed E-state index contributed by atoms with van der Waals surface area (Å²) >= 11 is 13.9. The van der Waals surface area contributed by atoms with Crippen molar-refractivity contribution in [1.29, 1.82) is 0 Å². The van der Waals surface area contributed by atoms with Gasteiger partial charge in [0.05, 0.1) is 33.9 Å². The number of hydrogen-bond acceptors (Lipinski definition) is 12. The molecular formula is C16H9N3OS8. The van der Waals surface area contributed by atoms with Gasteiger partial charge in [0.2, 0.25) is 0 Å². The Kier molecular flexibility index (Phi) is 6.45. The molecule has 0 atom stereocenters. The Morgan fingerprint density at radius 1 is 0.607 bits per heavy atom. The van der Waals surface area contributed by atoms with Crippen LogP contribution in [-0.4, -0.2) is 22.1 Å². The molecule has 0 aromatic carbocycles. The van der Waals surface area contributed by atoms with Crippen molar-refractivity contribution in [3.8, 4) is 6.01 Å². The van der Waals surface area contributed by atoms with E-state index in [1.165, 1.54) is 16.9 Å². The van der Waals surface area contributed by atoms with Crippen molar-refractivity contribution in [2.75, 3.05) is 7.11 Å². The van der Waals surface area contributed by atoms with E-state index in [1.54, 1.807) is 101 Å². The Hall–Kier alpha value is 0.0500. The number of rotatable bonds is 3. The summed E-state index contributed by atoms with van der Waals surface area (Å²) in [6, 6.07) is 0.345. The lowest BCUT2D eigenvalue weighted by Crippen LogP contribution is -2.03. The molecule has 4 aliphatic heterocycles. The van der Waals surface area contributed by atoms with E-state index < -0.39 is 0 Å². The van der Waals surface area contributed by atoms with Gasteiger partial charge in [-0.2, -0.15) is 9.97 Å². The van der Waals surface area contributed by atoms with Gasteiger partial charge in [-0.3, -0.25) is 0 Å². The fraction of sp³-hybridized carbons (Fsp3) is 0.0625. The molecule has 0 aliphatic carbocycles. The van der Waals surface area contributed by atoms with Crippen LogP contribution in [0.3, 0.4) is 0 Å². The summed E-state index contributed by atoms with van der Waals surface area (Å²) in [5.41, 5.74) is 0. The van der Waals surface area contributed by atoms with Crippen LogP contribution in [0.15, 0.2) is 49.4 Å². The van der Waals surface area contributed by atoms with Crippen molar-refractivity contribution in [2.24, 2.45) is 0 Å². The summed E-state index contributed by atoms with van der Waals surface area (Å²) in [4.78, 5) is 15.8. The van der Waals surface area contributed by atoms with Crippen LogP contribution in [-0.2, 0) is 0 Å². The molecule has 1 aromatic heterocycles. The molecule has 0 spiro atoms. The average molecular weight is 516 g/mol. The highest BCUT2D eigenvalue weighted by atomic mass is 32.2. The van der Waals surface area contributed by atoms with Gasteiger partial charge in [0.1, 0.15) is 0 Å². The zero-order chi connectivity index (χ0) is 18.9. The van der Waals surface area contributed by atoms with Gasteiger partial charge in [-0.25, -0.2) is 4.98 Å². The first kappa shape index (κ1) is 20.0. The lowest BCUT2D eigenvalue weighted by Gasteiger charge is -2.07. The van der Waals surface area contributed by atoms with E-state index in [2.05, 4.69) is 42.4 Å². The van der Waals surface area contributed by atoms with E-state index >= 15 is 0 Å². The normalized spacial score (nSPS) is 21.2. The molecule has 0 fully saturated rings. The van der Waals surface area contributed by atoms with Crippen LogP contribution in [0.1, 0.15) is 11.6 Å². The quantitative estimate of drug-likeness (QED) is 0.398. The molecule has 5 rings (SSSR count). The van der Waals surface area contributed by atoms with Crippen molar-refractivity contribution < 1.29 is 4.74 Å². The molecule has 0 bridgehead atoms. The molecule has 5 heterocycles. The van der Waals surface area contributed by atoms with Gasteiger partial charge in [0, 0.05) is 0 Å². The average Bonchev–Trinajstić information content (AvgIpc) is 3.52. The minimum atomic E-state index is 0.345. The van der Waals surface area contributed by atoms with E-state index in [9.17, 15) is 0 Å². The molecular weight excluding hydrogens is 507 g/mol. The predicted molar refractivity (Wildman–Crippen MR) is 135 cm³/mol. The Morgan fingerprint density at radius 2 is 1.07 bits per heavy atom. The highest BCUT2D eigenvalue weighted by molar-refractivity contribution is 8.35. The Labute approximate surface area is 196 Å². The number of hydrogen-bond donors (Lipinski definition) is 0.